The molecule has 2 heterocycles. The Hall–Kier alpha value is -0.980. The van der Waals surface area contributed by atoms with Crippen molar-refractivity contribution in [3.63, 3.8) is 0 Å². The molecule has 2 saturated heterocycles. The van der Waals surface area contributed by atoms with Crippen LogP contribution in [0.4, 0.5) is 5.69 Å². The maximum absolute atomic E-state index is 2.71. The van der Waals surface area contributed by atoms with Crippen molar-refractivity contribution in [1.82, 2.24) is 0 Å². The summed E-state index contributed by atoms with van der Waals surface area (Å²) in [5.74, 6) is 0. The Kier molecular flexibility index (Phi) is 2.46. The summed E-state index contributed by atoms with van der Waals surface area (Å²) < 4.78 is 0. The SMILES string of the molecule is Cc1ccccc1N1C2CCC(C)(CC2)[C@@H]1C. The number of anilines is 1. The first kappa shape index (κ1) is 11.1. The third kappa shape index (κ3) is 1.59. The molecule has 92 valence electrons. The van der Waals surface area contributed by atoms with Crippen LogP contribution in [0.25, 0.3) is 0 Å². The molecule has 0 N–H and O–H groups in total. The molecule has 0 radical (unpaired) electrons. The van der Waals surface area contributed by atoms with E-state index in [4.69, 9.17) is 0 Å². The number of para-hydroxylation sites is 1. The first-order chi connectivity index (χ1) is 8.12. The maximum Gasteiger partial charge on any atom is 0.0401 e. The number of hydrogen-bond acceptors (Lipinski definition) is 1. The quantitative estimate of drug-likeness (QED) is 0.699. The third-order valence-corrected chi connectivity index (χ3v) is 5.31. The number of hydrogen-bond donors (Lipinski definition) is 0. The van der Waals surface area contributed by atoms with Gasteiger partial charge in [0.05, 0.1) is 0 Å². The van der Waals surface area contributed by atoms with Gasteiger partial charge in [-0.15, -0.1) is 0 Å². The van der Waals surface area contributed by atoms with Gasteiger partial charge < -0.3 is 4.90 Å². The summed E-state index contributed by atoms with van der Waals surface area (Å²) in [6, 6.07) is 10.3. The zero-order valence-corrected chi connectivity index (χ0v) is 11.2. The summed E-state index contributed by atoms with van der Waals surface area (Å²) in [5.41, 5.74) is 3.43. The largest absolute Gasteiger partial charge is 0.365 e. The summed E-state index contributed by atoms with van der Waals surface area (Å²) in [6.45, 7) is 7.16. The van der Waals surface area contributed by atoms with E-state index in [0.29, 0.717) is 11.5 Å². The molecule has 1 aromatic rings. The molecule has 0 amide bonds. The number of rotatable bonds is 1. The molecule has 3 aliphatic rings. The van der Waals surface area contributed by atoms with Gasteiger partial charge in [0, 0.05) is 17.8 Å². The van der Waals surface area contributed by atoms with Gasteiger partial charge in [-0.2, -0.15) is 0 Å². The standard InChI is InChI=1S/C16H23N/c1-12-6-4-5-7-15(12)17-13(2)16(3)10-8-14(17)9-11-16/h4-7,13-14H,8-11H2,1-3H3/t13-,14?,16?/m0/s1. The van der Waals surface area contributed by atoms with E-state index in [0.717, 1.165) is 6.04 Å². The highest BCUT2D eigenvalue weighted by atomic mass is 15.2. The van der Waals surface area contributed by atoms with Crippen molar-refractivity contribution in [3.8, 4) is 0 Å². The molecule has 2 aliphatic heterocycles. The molecule has 1 nitrogen and oxygen atoms in total. The van der Waals surface area contributed by atoms with Crippen LogP contribution in [0, 0.1) is 12.3 Å². The molecule has 1 atom stereocenters. The molecule has 0 aromatic heterocycles. The first-order valence-corrected chi connectivity index (χ1v) is 6.96. The highest BCUT2D eigenvalue weighted by Gasteiger charge is 2.47. The molecule has 1 saturated carbocycles. The minimum Gasteiger partial charge on any atom is -0.365 e. The molecular formula is C16H23N. The van der Waals surface area contributed by atoms with Crippen LogP contribution >= 0.6 is 0 Å². The van der Waals surface area contributed by atoms with Crippen molar-refractivity contribution in [3.05, 3.63) is 29.8 Å². The molecular weight excluding hydrogens is 206 g/mol. The number of fused-ring (bicyclic) bond motifs is 3. The zero-order chi connectivity index (χ0) is 12.0. The summed E-state index contributed by atoms with van der Waals surface area (Å²) in [6.07, 6.45) is 5.60. The highest BCUT2D eigenvalue weighted by Crippen LogP contribution is 2.50. The Bertz CT molecular complexity index is 415. The smallest absolute Gasteiger partial charge is 0.0401 e. The fourth-order valence-corrected chi connectivity index (χ4v) is 3.87. The van der Waals surface area contributed by atoms with Crippen molar-refractivity contribution in [2.24, 2.45) is 5.41 Å². The lowest BCUT2D eigenvalue weighted by atomic mass is 9.64. The zero-order valence-electron chi connectivity index (χ0n) is 11.2. The van der Waals surface area contributed by atoms with Crippen LogP contribution in [-0.2, 0) is 0 Å². The van der Waals surface area contributed by atoms with Crippen LogP contribution in [0.15, 0.2) is 24.3 Å². The molecule has 2 bridgehead atoms. The molecule has 1 aromatic carbocycles. The van der Waals surface area contributed by atoms with Gasteiger partial charge in [0.25, 0.3) is 0 Å². The Labute approximate surface area is 105 Å². The van der Waals surface area contributed by atoms with Crippen LogP contribution in [0.2, 0.25) is 0 Å². The van der Waals surface area contributed by atoms with Gasteiger partial charge in [-0.1, -0.05) is 25.1 Å². The molecule has 4 rings (SSSR count). The van der Waals surface area contributed by atoms with Crippen LogP contribution < -0.4 is 4.90 Å². The van der Waals surface area contributed by atoms with Gasteiger partial charge in [-0.3, -0.25) is 0 Å². The number of nitrogens with zero attached hydrogens (tertiary/aromatic N) is 1. The molecule has 1 heteroatoms. The van der Waals surface area contributed by atoms with Crippen LogP contribution in [0.3, 0.4) is 0 Å². The summed E-state index contributed by atoms with van der Waals surface area (Å²) in [7, 11) is 0. The van der Waals surface area contributed by atoms with Gasteiger partial charge in [-0.25, -0.2) is 0 Å². The second-order valence-electron chi connectivity index (χ2n) is 6.25. The van der Waals surface area contributed by atoms with E-state index in [1.807, 2.05) is 0 Å². The van der Waals surface area contributed by atoms with Gasteiger partial charge in [0.2, 0.25) is 0 Å². The van der Waals surface area contributed by atoms with E-state index in [-0.39, 0.29) is 0 Å². The Morgan fingerprint density at radius 1 is 1.18 bits per heavy atom. The average molecular weight is 229 g/mol. The topological polar surface area (TPSA) is 3.24 Å². The second-order valence-corrected chi connectivity index (χ2v) is 6.25. The average Bonchev–Trinajstić information content (AvgIpc) is 2.33. The van der Waals surface area contributed by atoms with Crippen molar-refractivity contribution in [2.45, 2.75) is 58.5 Å². The van der Waals surface area contributed by atoms with Crippen LogP contribution in [-0.4, -0.2) is 12.1 Å². The van der Waals surface area contributed by atoms with E-state index in [2.05, 4.69) is 49.9 Å². The molecule has 17 heavy (non-hydrogen) atoms. The van der Waals surface area contributed by atoms with E-state index in [9.17, 15) is 0 Å². The normalized spacial score (nSPS) is 36.3. The first-order valence-electron chi connectivity index (χ1n) is 6.96. The van der Waals surface area contributed by atoms with Crippen molar-refractivity contribution in [2.75, 3.05) is 4.90 Å². The monoisotopic (exact) mass is 229 g/mol. The predicted molar refractivity (Wildman–Crippen MR) is 73.5 cm³/mol. The second kappa shape index (κ2) is 3.76. The highest BCUT2D eigenvalue weighted by molar-refractivity contribution is 5.56. The molecule has 1 aliphatic carbocycles. The Balaban J connectivity index is 2.01. The fourth-order valence-electron chi connectivity index (χ4n) is 3.87. The van der Waals surface area contributed by atoms with Crippen molar-refractivity contribution in [1.29, 1.82) is 0 Å². The number of piperidine rings is 2. The number of benzene rings is 1. The van der Waals surface area contributed by atoms with Gasteiger partial charge in [0.1, 0.15) is 0 Å². The van der Waals surface area contributed by atoms with Gasteiger partial charge >= 0.3 is 0 Å². The lowest BCUT2D eigenvalue weighted by Crippen LogP contribution is -2.59. The van der Waals surface area contributed by atoms with Crippen LogP contribution in [0.1, 0.15) is 45.1 Å². The minimum absolute atomic E-state index is 0.539. The van der Waals surface area contributed by atoms with Gasteiger partial charge in [0.15, 0.2) is 0 Å². The third-order valence-electron chi connectivity index (χ3n) is 5.31. The molecule has 0 spiro atoms. The van der Waals surface area contributed by atoms with Gasteiger partial charge in [-0.05, 0) is 56.6 Å². The lowest BCUT2D eigenvalue weighted by molar-refractivity contribution is 0.0966. The fraction of sp³-hybridized carbons (Fsp3) is 0.625. The van der Waals surface area contributed by atoms with E-state index in [1.165, 1.54) is 36.9 Å². The summed E-state index contributed by atoms with van der Waals surface area (Å²) in [5, 5.41) is 0. The lowest BCUT2D eigenvalue weighted by Gasteiger charge is -2.57. The van der Waals surface area contributed by atoms with Crippen molar-refractivity contribution < 1.29 is 0 Å². The maximum atomic E-state index is 2.71. The van der Waals surface area contributed by atoms with Crippen molar-refractivity contribution >= 4 is 5.69 Å². The Morgan fingerprint density at radius 3 is 2.47 bits per heavy atom. The van der Waals surface area contributed by atoms with Crippen LogP contribution in [0.5, 0.6) is 0 Å². The molecule has 0 unspecified atom stereocenters. The number of aryl methyl sites for hydroxylation is 1. The van der Waals surface area contributed by atoms with E-state index >= 15 is 0 Å². The summed E-state index contributed by atoms with van der Waals surface area (Å²) >= 11 is 0. The Morgan fingerprint density at radius 2 is 1.82 bits per heavy atom. The summed E-state index contributed by atoms with van der Waals surface area (Å²) in [4.78, 5) is 2.71. The van der Waals surface area contributed by atoms with E-state index in [1.54, 1.807) is 0 Å². The minimum atomic E-state index is 0.539. The van der Waals surface area contributed by atoms with E-state index < -0.39 is 0 Å². The molecule has 3 fully saturated rings. The predicted octanol–water partition coefficient (Wildman–Crippen LogP) is 4.15.